The molecule has 0 aromatic carbocycles. The maximum Gasteiger partial charge on any atom is 0.191 e. The summed E-state index contributed by atoms with van der Waals surface area (Å²) in [5, 5.41) is 6.53. The summed E-state index contributed by atoms with van der Waals surface area (Å²) >= 11 is 0. The minimum atomic E-state index is 0.591. The van der Waals surface area contributed by atoms with Crippen LogP contribution < -0.4 is 10.6 Å². The van der Waals surface area contributed by atoms with E-state index in [2.05, 4.69) is 45.9 Å². The Bertz CT molecular complexity index is 474. The number of nitrogens with one attached hydrogen (secondary N) is 2. The summed E-state index contributed by atoms with van der Waals surface area (Å²) in [5.74, 6) is 2.35. The van der Waals surface area contributed by atoms with Crippen molar-refractivity contribution in [1.82, 2.24) is 20.2 Å². The summed E-state index contributed by atoms with van der Waals surface area (Å²) in [7, 11) is 1.76. The van der Waals surface area contributed by atoms with E-state index in [9.17, 15) is 0 Å². The lowest BCUT2D eigenvalue weighted by Gasteiger charge is -2.14. The normalized spacial score (nSPS) is 12.0. The van der Waals surface area contributed by atoms with Crippen LogP contribution in [0.25, 0.3) is 0 Å². The van der Waals surface area contributed by atoms with Crippen molar-refractivity contribution >= 4 is 5.96 Å². The van der Waals surface area contributed by atoms with Gasteiger partial charge in [0.2, 0.25) is 0 Å². The van der Waals surface area contributed by atoms with Gasteiger partial charge in [-0.15, -0.1) is 0 Å². The maximum atomic E-state index is 5.54. The lowest BCUT2D eigenvalue weighted by molar-refractivity contribution is 0.0487. The number of imidazole rings is 1. The number of aromatic nitrogens is 2. The summed E-state index contributed by atoms with van der Waals surface area (Å²) in [6.07, 6.45) is 6.13. The Labute approximate surface area is 152 Å². The largest absolute Gasteiger partial charge is 0.379 e. The van der Waals surface area contributed by atoms with Gasteiger partial charge in [0, 0.05) is 39.1 Å². The van der Waals surface area contributed by atoms with Crippen molar-refractivity contribution in [2.75, 3.05) is 40.0 Å². The topological polar surface area (TPSA) is 72.7 Å². The van der Waals surface area contributed by atoms with Gasteiger partial charge in [-0.25, -0.2) is 4.98 Å². The molecule has 0 aliphatic rings. The third-order valence-electron chi connectivity index (χ3n) is 3.55. The molecule has 1 heterocycles. The zero-order valence-electron chi connectivity index (χ0n) is 16.3. The van der Waals surface area contributed by atoms with E-state index in [0.717, 1.165) is 37.8 Å². The van der Waals surface area contributed by atoms with E-state index in [1.54, 1.807) is 7.05 Å². The van der Waals surface area contributed by atoms with E-state index in [1.165, 1.54) is 0 Å². The summed E-state index contributed by atoms with van der Waals surface area (Å²) in [4.78, 5) is 8.63. The number of ether oxygens (including phenoxy) is 2. The van der Waals surface area contributed by atoms with Crippen LogP contribution in [-0.4, -0.2) is 55.5 Å². The predicted molar refractivity (Wildman–Crippen MR) is 102 cm³/mol. The molecule has 1 aromatic heterocycles. The van der Waals surface area contributed by atoms with Gasteiger partial charge in [-0.3, -0.25) is 4.99 Å². The molecule has 0 bridgehead atoms. The fourth-order valence-corrected chi connectivity index (χ4v) is 2.26. The zero-order chi connectivity index (χ0) is 18.3. The molecule has 0 fully saturated rings. The van der Waals surface area contributed by atoms with Crippen LogP contribution in [0.15, 0.2) is 17.4 Å². The lowest BCUT2D eigenvalue weighted by Crippen LogP contribution is -2.39. The summed E-state index contributed by atoms with van der Waals surface area (Å²) in [6.45, 7) is 11.6. The van der Waals surface area contributed by atoms with E-state index in [4.69, 9.17) is 9.47 Å². The van der Waals surface area contributed by atoms with E-state index < -0.39 is 0 Å². The molecule has 0 radical (unpaired) electrons. The smallest absolute Gasteiger partial charge is 0.191 e. The van der Waals surface area contributed by atoms with E-state index in [-0.39, 0.29) is 0 Å². The number of hydrogen-bond donors (Lipinski definition) is 2. The van der Waals surface area contributed by atoms with Gasteiger partial charge in [-0.05, 0) is 12.3 Å². The number of hydrogen-bond acceptors (Lipinski definition) is 4. The molecule has 25 heavy (non-hydrogen) atoms. The van der Waals surface area contributed by atoms with Crippen LogP contribution in [0.1, 0.15) is 39.4 Å². The van der Waals surface area contributed by atoms with Gasteiger partial charge < -0.3 is 24.7 Å². The van der Waals surface area contributed by atoms with Gasteiger partial charge in [0.25, 0.3) is 0 Å². The molecule has 0 unspecified atom stereocenters. The molecule has 2 N–H and O–H groups in total. The quantitative estimate of drug-likeness (QED) is 0.322. The minimum Gasteiger partial charge on any atom is -0.379 e. The molecule has 0 amide bonds. The molecule has 0 aliphatic carbocycles. The molecular weight excluding hydrogens is 318 g/mol. The van der Waals surface area contributed by atoms with Gasteiger partial charge in [0.05, 0.1) is 26.4 Å². The van der Waals surface area contributed by atoms with Crippen LogP contribution in [0.4, 0.5) is 0 Å². The van der Waals surface area contributed by atoms with Crippen molar-refractivity contribution in [3.05, 3.63) is 18.2 Å². The molecule has 0 saturated heterocycles. The molecule has 7 nitrogen and oxygen atoms in total. The highest BCUT2D eigenvalue weighted by molar-refractivity contribution is 5.79. The van der Waals surface area contributed by atoms with Crippen molar-refractivity contribution in [3.8, 4) is 0 Å². The fraction of sp³-hybridized carbons (Fsp3) is 0.778. The number of guanidine groups is 1. The summed E-state index contributed by atoms with van der Waals surface area (Å²) < 4.78 is 13.2. The van der Waals surface area contributed by atoms with Crippen LogP contribution in [0.5, 0.6) is 0 Å². The number of nitrogens with zero attached hydrogens (tertiary/aromatic N) is 3. The first kappa shape index (κ1) is 21.4. The van der Waals surface area contributed by atoms with Gasteiger partial charge in [0.1, 0.15) is 5.82 Å². The van der Waals surface area contributed by atoms with Crippen LogP contribution in [-0.2, 0) is 22.6 Å². The van der Waals surface area contributed by atoms with E-state index >= 15 is 0 Å². The highest BCUT2D eigenvalue weighted by Gasteiger charge is 2.05. The molecule has 1 rings (SSSR count). The number of aliphatic imine (C=N–C) groups is 1. The number of unbranched alkanes of at least 4 members (excludes halogenated alkanes) is 1. The second kappa shape index (κ2) is 13.7. The Morgan fingerprint density at radius 2 is 1.96 bits per heavy atom. The van der Waals surface area contributed by atoms with Crippen molar-refractivity contribution in [3.63, 3.8) is 0 Å². The molecule has 0 spiro atoms. The Morgan fingerprint density at radius 1 is 1.20 bits per heavy atom. The van der Waals surface area contributed by atoms with Gasteiger partial charge in [-0.1, -0.05) is 27.2 Å². The summed E-state index contributed by atoms with van der Waals surface area (Å²) in [6, 6.07) is 0. The molecule has 0 aliphatic heterocycles. The molecule has 7 heteroatoms. The first-order valence-electron chi connectivity index (χ1n) is 9.27. The lowest BCUT2D eigenvalue weighted by atomic mass is 10.2. The van der Waals surface area contributed by atoms with Crippen LogP contribution in [0.2, 0.25) is 0 Å². The Kier molecular flexibility index (Phi) is 11.7. The summed E-state index contributed by atoms with van der Waals surface area (Å²) in [5.41, 5.74) is 0. The molecular formula is C18H35N5O2. The Hall–Kier alpha value is -1.60. The Morgan fingerprint density at radius 3 is 2.64 bits per heavy atom. The van der Waals surface area contributed by atoms with E-state index in [1.807, 2.05) is 12.4 Å². The Balaban J connectivity index is 2.14. The fourth-order valence-electron chi connectivity index (χ4n) is 2.26. The monoisotopic (exact) mass is 353 g/mol. The highest BCUT2D eigenvalue weighted by Crippen LogP contribution is 2.03. The SMILES string of the molecule is CCCCOCCOCCNC(=NC)NCc1nccn1CC(C)C. The maximum absolute atomic E-state index is 5.54. The average Bonchev–Trinajstić information content (AvgIpc) is 3.02. The third-order valence-corrected chi connectivity index (χ3v) is 3.55. The minimum absolute atomic E-state index is 0.591. The van der Waals surface area contributed by atoms with Crippen molar-refractivity contribution < 1.29 is 9.47 Å². The van der Waals surface area contributed by atoms with E-state index in [0.29, 0.717) is 38.8 Å². The second-order valence-electron chi connectivity index (χ2n) is 6.32. The molecule has 0 saturated carbocycles. The van der Waals surface area contributed by atoms with Crippen molar-refractivity contribution in [2.24, 2.45) is 10.9 Å². The zero-order valence-corrected chi connectivity index (χ0v) is 16.3. The molecule has 144 valence electrons. The predicted octanol–water partition coefficient (Wildman–Crippen LogP) is 2.04. The van der Waals surface area contributed by atoms with Crippen molar-refractivity contribution in [1.29, 1.82) is 0 Å². The van der Waals surface area contributed by atoms with Crippen LogP contribution >= 0.6 is 0 Å². The third kappa shape index (κ3) is 10.1. The van der Waals surface area contributed by atoms with Crippen molar-refractivity contribution in [2.45, 2.75) is 46.7 Å². The molecule has 1 aromatic rings. The second-order valence-corrected chi connectivity index (χ2v) is 6.32. The van der Waals surface area contributed by atoms with Crippen LogP contribution in [0.3, 0.4) is 0 Å². The average molecular weight is 354 g/mol. The molecule has 0 atom stereocenters. The number of rotatable bonds is 13. The van der Waals surface area contributed by atoms with Gasteiger partial charge in [-0.2, -0.15) is 0 Å². The first-order valence-corrected chi connectivity index (χ1v) is 9.27. The van der Waals surface area contributed by atoms with Gasteiger partial charge in [0.15, 0.2) is 5.96 Å². The first-order chi connectivity index (χ1) is 12.2. The standard InChI is InChI=1S/C18H35N5O2/c1-5-6-10-24-12-13-25-11-8-21-18(19-4)22-14-17-20-7-9-23(17)15-16(2)3/h7,9,16H,5-6,8,10-15H2,1-4H3,(H2,19,21,22). The van der Waals surface area contributed by atoms with Crippen LogP contribution in [0, 0.1) is 5.92 Å². The van der Waals surface area contributed by atoms with Gasteiger partial charge >= 0.3 is 0 Å². The highest BCUT2D eigenvalue weighted by atomic mass is 16.5.